The van der Waals surface area contributed by atoms with Crippen molar-refractivity contribution in [2.24, 2.45) is 5.92 Å². The van der Waals surface area contributed by atoms with Gasteiger partial charge in [0.1, 0.15) is 0 Å². The number of piperazine rings is 1. The highest BCUT2D eigenvalue weighted by molar-refractivity contribution is 7.22. The van der Waals surface area contributed by atoms with E-state index in [0.717, 1.165) is 36.8 Å². The smallest absolute Gasteiger partial charge is 0.225 e. The molecule has 1 aliphatic rings. The van der Waals surface area contributed by atoms with Gasteiger partial charge in [-0.15, -0.1) is 0 Å². The molecule has 0 radical (unpaired) electrons. The van der Waals surface area contributed by atoms with Gasteiger partial charge in [-0.05, 0) is 18.2 Å². The molecule has 1 fully saturated rings. The Morgan fingerprint density at radius 3 is 2.64 bits per heavy atom. The molecule has 118 valence electrons. The summed E-state index contributed by atoms with van der Waals surface area (Å²) in [6, 6.07) is 6.41. The van der Waals surface area contributed by atoms with E-state index in [1.807, 2.05) is 25.8 Å². The summed E-state index contributed by atoms with van der Waals surface area (Å²) in [7, 11) is 1.89. The molecule has 0 spiro atoms. The van der Waals surface area contributed by atoms with Crippen molar-refractivity contribution >= 4 is 38.3 Å². The number of nitrogens with zero attached hydrogens (tertiary/aromatic N) is 3. The fourth-order valence-corrected chi connectivity index (χ4v) is 3.62. The fraction of sp³-hybridized carbons (Fsp3) is 0.500. The minimum atomic E-state index is 0.0834. The fourth-order valence-electron chi connectivity index (χ4n) is 2.77. The van der Waals surface area contributed by atoms with E-state index in [9.17, 15) is 4.79 Å². The molecule has 1 N–H and O–H groups in total. The largest absolute Gasteiger partial charge is 0.368 e. The first-order chi connectivity index (χ1) is 10.6. The Morgan fingerprint density at radius 1 is 1.27 bits per heavy atom. The summed E-state index contributed by atoms with van der Waals surface area (Å²) in [5.74, 6) is 0.344. The molecule has 3 rings (SSSR count). The predicted octanol–water partition coefficient (Wildman–Crippen LogP) is 2.64. The van der Waals surface area contributed by atoms with Crippen molar-refractivity contribution in [3.63, 3.8) is 0 Å². The second-order valence-electron chi connectivity index (χ2n) is 5.89. The third-order valence-corrected chi connectivity index (χ3v) is 5.07. The number of nitrogens with one attached hydrogen (secondary N) is 1. The van der Waals surface area contributed by atoms with Crippen molar-refractivity contribution < 1.29 is 4.79 Å². The molecular formula is C16H22N4OS. The van der Waals surface area contributed by atoms with Gasteiger partial charge in [-0.2, -0.15) is 0 Å². The molecular weight excluding hydrogens is 296 g/mol. The molecule has 0 aliphatic carbocycles. The van der Waals surface area contributed by atoms with Crippen LogP contribution in [0.3, 0.4) is 0 Å². The summed E-state index contributed by atoms with van der Waals surface area (Å²) >= 11 is 1.67. The number of hydrogen-bond acceptors (Lipinski definition) is 5. The molecule has 5 nitrogen and oxygen atoms in total. The van der Waals surface area contributed by atoms with Crippen molar-refractivity contribution in [2.45, 2.75) is 13.8 Å². The van der Waals surface area contributed by atoms with Gasteiger partial charge in [0.25, 0.3) is 0 Å². The van der Waals surface area contributed by atoms with Crippen molar-refractivity contribution in [1.82, 2.24) is 9.88 Å². The lowest BCUT2D eigenvalue weighted by molar-refractivity contribution is -0.134. The number of carbonyl (C=O) groups is 1. The minimum Gasteiger partial charge on any atom is -0.368 e. The lowest BCUT2D eigenvalue weighted by atomic mass is 10.1. The first kappa shape index (κ1) is 15.1. The maximum absolute atomic E-state index is 12.0. The van der Waals surface area contributed by atoms with Crippen LogP contribution >= 0.6 is 11.3 Å². The summed E-state index contributed by atoms with van der Waals surface area (Å²) in [6.45, 7) is 7.32. The molecule has 6 heteroatoms. The van der Waals surface area contributed by atoms with E-state index >= 15 is 0 Å². The highest BCUT2D eigenvalue weighted by Crippen LogP contribution is 2.29. The van der Waals surface area contributed by atoms with Gasteiger partial charge in [0.2, 0.25) is 5.91 Å². The van der Waals surface area contributed by atoms with Gasteiger partial charge in [0.15, 0.2) is 5.13 Å². The molecule has 1 aromatic heterocycles. The number of carbonyl (C=O) groups excluding carboxylic acids is 1. The molecule has 1 saturated heterocycles. The van der Waals surface area contributed by atoms with E-state index in [4.69, 9.17) is 0 Å². The molecule has 1 aliphatic heterocycles. The number of anilines is 2. The zero-order chi connectivity index (χ0) is 15.7. The highest BCUT2D eigenvalue weighted by atomic mass is 32.1. The van der Waals surface area contributed by atoms with Crippen LogP contribution in [0.4, 0.5) is 10.8 Å². The van der Waals surface area contributed by atoms with Crippen LogP contribution in [0.25, 0.3) is 10.2 Å². The standard InChI is InChI=1S/C16H22N4OS/c1-11(2)15(21)20-8-6-19(7-9-20)12-4-5-13-14(10-12)22-16(17-3)18-13/h4-5,10-11H,6-9H2,1-3H3,(H,17,18). The van der Waals surface area contributed by atoms with E-state index in [1.165, 1.54) is 10.4 Å². The lowest BCUT2D eigenvalue weighted by Gasteiger charge is -2.36. The number of amides is 1. The van der Waals surface area contributed by atoms with E-state index in [2.05, 4.69) is 33.4 Å². The molecule has 0 unspecified atom stereocenters. The summed E-state index contributed by atoms with van der Waals surface area (Å²) < 4.78 is 1.20. The van der Waals surface area contributed by atoms with Gasteiger partial charge in [0.05, 0.1) is 10.2 Å². The van der Waals surface area contributed by atoms with E-state index in [0.29, 0.717) is 0 Å². The normalized spacial score (nSPS) is 15.6. The molecule has 2 heterocycles. The second kappa shape index (κ2) is 6.12. The van der Waals surface area contributed by atoms with E-state index in [1.54, 1.807) is 11.3 Å². The first-order valence-corrected chi connectivity index (χ1v) is 8.52. The summed E-state index contributed by atoms with van der Waals surface area (Å²) in [5.41, 5.74) is 2.25. The summed E-state index contributed by atoms with van der Waals surface area (Å²) in [5, 5.41) is 4.04. The number of rotatable bonds is 3. The SMILES string of the molecule is CNc1nc2ccc(N3CCN(C(=O)C(C)C)CC3)cc2s1. The number of hydrogen-bond donors (Lipinski definition) is 1. The van der Waals surface area contributed by atoms with E-state index in [-0.39, 0.29) is 11.8 Å². The number of thiazole rings is 1. The monoisotopic (exact) mass is 318 g/mol. The zero-order valence-electron chi connectivity index (χ0n) is 13.3. The number of aromatic nitrogens is 1. The Kier molecular flexibility index (Phi) is 4.20. The molecule has 2 aromatic rings. The van der Waals surface area contributed by atoms with Crippen LogP contribution in [0.1, 0.15) is 13.8 Å². The average molecular weight is 318 g/mol. The van der Waals surface area contributed by atoms with Crippen LogP contribution in [0, 0.1) is 5.92 Å². The van der Waals surface area contributed by atoms with Gasteiger partial charge in [-0.1, -0.05) is 25.2 Å². The third-order valence-electron chi connectivity index (χ3n) is 4.04. The first-order valence-electron chi connectivity index (χ1n) is 7.70. The Bertz CT molecular complexity index is 674. The van der Waals surface area contributed by atoms with Crippen LogP contribution in [0.5, 0.6) is 0 Å². The summed E-state index contributed by atoms with van der Waals surface area (Å²) in [4.78, 5) is 20.9. The maximum atomic E-state index is 12.0. The van der Waals surface area contributed by atoms with Gasteiger partial charge >= 0.3 is 0 Å². The zero-order valence-corrected chi connectivity index (χ0v) is 14.1. The third kappa shape index (κ3) is 2.88. The van der Waals surface area contributed by atoms with Crippen LogP contribution < -0.4 is 10.2 Å². The highest BCUT2D eigenvalue weighted by Gasteiger charge is 2.23. The minimum absolute atomic E-state index is 0.0834. The van der Waals surface area contributed by atoms with Crippen molar-refractivity contribution in [3.8, 4) is 0 Å². The Hall–Kier alpha value is -1.82. The molecule has 0 saturated carbocycles. The summed E-state index contributed by atoms with van der Waals surface area (Å²) in [6.07, 6.45) is 0. The predicted molar refractivity (Wildman–Crippen MR) is 92.8 cm³/mol. The quantitative estimate of drug-likeness (QED) is 0.945. The molecule has 0 atom stereocenters. The van der Waals surface area contributed by atoms with Crippen molar-refractivity contribution in [1.29, 1.82) is 0 Å². The van der Waals surface area contributed by atoms with Crippen molar-refractivity contribution in [3.05, 3.63) is 18.2 Å². The second-order valence-corrected chi connectivity index (χ2v) is 6.92. The van der Waals surface area contributed by atoms with Crippen LogP contribution in [-0.4, -0.2) is 49.0 Å². The number of benzene rings is 1. The van der Waals surface area contributed by atoms with Crippen molar-refractivity contribution in [2.75, 3.05) is 43.4 Å². The van der Waals surface area contributed by atoms with Crippen LogP contribution in [0.15, 0.2) is 18.2 Å². The lowest BCUT2D eigenvalue weighted by Crippen LogP contribution is -2.49. The van der Waals surface area contributed by atoms with Gasteiger partial charge in [-0.3, -0.25) is 4.79 Å². The average Bonchev–Trinajstić information content (AvgIpc) is 2.96. The molecule has 1 amide bonds. The number of fused-ring (bicyclic) bond motifs is 1. The van der Waals surface area contributed by atoms with Gasteiger partial charge in [-0.25, -0.2) is 4.98 Å². The van der Waals surface area contributed by atoms with E-state index < -0.39 is 0 Å². The Morgan fingerprint density at radius 2 is 2.00 bits per heavy atom. The molecule has 1 aromatic carbocycles. The van der Waals surface area contributed by atoms with Crippen LogP contribution in [-0.2, 0) is 4.79 Å². The molecule has 22 heavy (non-hydrogen) atoms. The van der Waals surface area contributed by atoms with Gasteiger partial charge in [0, 0.05) is 44.8 Å². The van der Waals surface area contributed by atoms with Gasteiger partial charge < -0.3 is 15.1 Å². The Balaban J connectivity index is 1.72. The molecule has 0 bridgehead atoms. The Labute approximate surface area is 134 Å². The van der Waals surface area contributed by atoms with Crippen LogP contribution in [0.2, 0.25) is 0 Å². The topological polar surface area (TPSA) is 48.5 Å². The maximum Gasteiger partial charge on any atom is 0.225 e.